The molecule has 2 N–H and O–H groups in total. The Balaban J connectivity index is 1.54. The molecule has 0 radical (unpaired) electrons. The number of thiazole rings is 1. The molecule has 1 aromatic heterocycles. The molecule has 0 fully saturated rings. The number of para-hydroxylation sites is 1. The summed E-state index contributed by atoms with van der Waals surface area (Å²) in [5.74, 6) is -1.83. The lowest BCUT2D eigenvalue weighted by Crippen LogP contribution is -2.36. The standard InChI is InChI=1S/C23H23FN4O3S/c1-14-7-6-8-15(2)21(14)26-19(29)12-28(3)20(30)11-16-13-32-23(25-16)27-22(31)17-9-4-5-10-18(17)24/h4-10,13H,11-12H2,1-3H3,(H,26,29)(H,25,27,31). The molecular formula is C23H23FN4O3S. The highest BCUT2D eigenvalue weighted by Crippen LogP contribution is 2.20. The van der Waals surface area contributed by atoms with Crippen LogP contribution in [0.25, 0.3) is 0 Å². The molecule has 0 spiro atoms. The zero-order chi connectivity index (χ0) is 23.3. The third kappa shape index (κ3) is 5.76. The van der Waals surface area contributed by atoms with Gasteiger partial charge in [-0.1, -0.05) is 30.3 Å². The van der Waals surface area contributed by atoms with Gasteiger partial charge in [0.25, 0.3) is 5.91 Å². The van der Waals surface area contributed by atoms with Gasteiger partial charge in [0, 0.05) is 18.1 Å². The summed E-state index contributed by atoms with van der Waals surface area (Å²) in [6.07, 6.45) is -0.0285. The number of rotatable bonds is 7. The first-order chi connectivity index (χ1) is 15.2. The summed E-state index contributed by atoms with van der Waals surface area (Å²) in [4.78, 5) is 42.6. The predicted octanol–water partition coefficient (Wildman–Crippen LogP) is 3.79. The minimum atomic E-state index is -0.627. The summed E-state index contributed by atoms with van der Waals surface area (Å²) in [5.41, 5.74) is 2.99. The Labute approximate surface area is 189 Å². The van der Waals surface area contributed by atoms with Crippen LogP contribution in [0, 0.1) is 19.7 Å². The summed E-state index contributed by atoms with van der Waals surface area (Å²) in [7, 11) is 1.54. The van der Waals surface area contributed by atoms with Crippen molar-refractivity contribution in [2.75, 3.05) is 24.2 Å². The predicted molar refractivity (Wildman–Crippen MR) is 122 cm³/mol. The summed E-state index contributed by atoms with van der Waals surface area (Å²) >= 11 is 1.14. The molecule has 0 saturated carbocycles. The number of aryl methyl sites for hydroxylation is 2. The van der Waals surface area contributed by atoms with Gasteiger partial charge in [0.05, 0.1) is 24.2 Å². The van der Waals surface area contributed by atoms with E-state index in [4.69, 9.17) is 0 Å². The van der Waals surface area contributed by atoms with Crippen LogP contribution in [-0.4, -0.2) is 41.2 Å². The van der Waals surface area contributed by atoms with Gasteiger partial charge in [-0.15, -0.1) is 11.3 Å². The SMILES string of the molecule is Cc1cccc(C)c1NC(=O)CN(C)C(=O)Cc1csc(NC(=O)c2ccccc2F)n1. The van der Waals surface area contributed by atoms with Crippen molar-refractivity contribution in [2.24, 2.45) is 0 Å². The van der Waals surface area contributed by atoms with E-state index in [1.54, 1.807) is 18.5 Å². The van der Waals surface area contributed by atoms with Crippen molar-refractivity contribution >= 4 is 39.9 Å². The van der Waals surface area contributed by atoms with Gasteiger partial charge < -0.3 is 10.2 Å². The number of likely N-dealkylation sites (N-methyl/N-ethyl adjacent to an activating group) is 1. The first-order valence-corrected chi connectivity index (χ1v) is 10.7. The number of benzene rings is 2. The second-order valence-corrected chi connectivity index (χ2v) is 8.18. The van der Waals surface area contributed by atoms with Crippen LogP contribution in [-0.2, 0) is 16.0 Å². The number of carbonyl (C=O) groups excluding carboxylic acids is 3. The third-order valence-electron chi connectivity index (χ3n) is 4.78. The van der Waals surface area contributed by atoms with E-state index in [1.165, 1.54) is 23.1 Å². The van der Waals surface area contributed by atoms with E-state index in [-0.39, 0.29) is 35.5 Å². The zero-order valence-electron chi connectivity index (χ0n) is 17.9. The molecule has 9 heteroatoms. The van der Waals surface area contributed by atoms with E-state index in [0.29, 0.717) is 5.69 Å². The van der Waals surface area contributed by atoms with Crippen molar-refractivity contribution in [3.63, 3.8) is 0 Å². The Hall–Kier alpha value is -3.59. The van der Waals surface area contributed by atoms with Crippen LogP contribution in [0.2, 0.25) is 0 Å². The molecule has 0 aliphatic heterocycles. The average molecular weight is 455 g/mol. The largest absolute Gasteiger partial charge is 0.336 e. The number of amides is 3. The lowest BCUT2D eigenvalue weighted by molar-refractivity contribution is -0.132. The van der Waals surface area contributed by atoms with Crippen LogP contribution in [0.15, 0.2) is 47.8 Å². The second-order valence-electron chi connectivity index (χ2n) is 7.32. The van der Waals surface area contributed by atoms with Crippen molar-refractivity contribution < 1.29 is 18.8 Å². The maximum atomic E-state index is 13.7. The van der Waals surface area contributed by atoms with Gasteiger partial charge in [-0.05, 0) is 37.1 Å². The van der Waals surface area contributed by atoms with Crippen molar-refractivity contribution in [3.05, 3.63) is 76.0 Å². The molecule has 0 aliphatic carbocycles. The molecule has 0 atom stereocenters. The van der Waals surface area contributed by atoms with Crippen molar-refractivity contribution in [2.45, 2.75) is 20.3 Å². The minimum Gasteiger partial charge on any atom is -0.336 e. The molecule has 3 amide bonds. The maximum absolute atomic E-state index is 13.7. The lowest BCUT2D eigenvalue weighted by Gasteiger charge is -2.17. The monoisotopic (exact) mass is 454 g/mol. The number of carbonyl (C=O) groups is 3. The Morgan fingerprint density at radius 2 is 1.72 bits per heavy atom. The quantitative estimate of drug-likeness (QED) is 0.568. The van der Waals surface area contributed by atoms with E-state index < -0.39 is 11.7 Å². The van der Waals surface area contributed by atoms with Crippen LogP contribution in [0.1, 0.15) is 27.2 Å². The topological polar surface area (TPSA) is 91.4 Å². The fourth-order valence-electron chi connectivity index (χ4n) is 3.04. The van der Waals surface area contributed by atoms with Crippen molar-refractivity contribution in [1.82, 2.24) is 9.88 Å². The van der Waals surface area contributed by atoms with Crippen LogP contribution < -0.4 is 10.6 Å². The molecule has 166 valence electrons. The fraction of sp³-hybridized carbons (Fsp3) is 0.217. The minimum absolute atomic E-state index is 0.0285. The molecule has 3 aromatic rings. The number of aromatic nitrogens is 1. The number of nitrogens with zero attached hydrogens (tertiary/aromatic N) is 2. The molecule has 2 aromatic carbocycles. The molecule has 32 heavy (non-hydrogen) atoms. The Morgan fingerprint density at radius 1 is 1.03 bits per heavy atom. The van der Waals surface area contributed by atoms with Crippen LogP contribution in [0.3, 0.4) is 0 Å². The number of halogens is 1. The smallest absolute Gasteiger partial charge is 0.260 e. The van der Waals surface area contributed by atoms with Crippen LogP contribution in [0.5, 0.6) is 0 Å². The van der Waals surface area contributed by atoms with Gasteiger partial charge >= 0.3 is 0 Å². The molecular weight excluding hydrogens is 431 g/mol. The molecule has 0 saturated heterocycles. The lowest BCUT2D eigenvalue weighted by atomic mass is 10.1. The van der Waals surface area contributed by atoms with Gasteiger partial charge in [0.15, 0.2) is 5.13 Å². The maximum Gasteiger partial charge on any atom is 0.260 e. The van der Waals surface area contributed by atoms with E-state index >= 15 is 0 Å². The highest BCUT2D eigenvalue weighted by atomic mass is 32.1. The fourth-order valence-corrected chi connectivity index (χ4v) is 3.74. The highest BCUT2D eigenvalue weighted by Gasteiger charge is 2.17. The molecule has 3 rings (SSSR count). The summed E-state index contributed by atoms with van der Waals surface area (Å²) in [5, 5.41) is 7.28. The molecule has 0 unspecified atom stereocenters. The Morgan fingerprint density at radius 3 is 2.41 bits per heavy atom. The van der Waals surface area contributed by atoms with E-state index in [2.05, 4.69) is 15.6 Å². The number of hydrogen-bond donors (Lipinski definition) is 2. The average Bonchev–Trinajstić information content (AvgIpc) is 3.17. The van der Waals surface area contributed by atoms with Gasteiger partial charge in [-0.25, -0.2) is 9.37 Å². The molecule has 0 aliphatic rings. The number of hydrogen-bond acceptors (Lipinski definition) is 5. The first-order valence-electron chi connectivity index (χ1n) is 9.85. The molecule has 1 heterocycles. The molecule has 0 bridgehead atoms. The van der Waals surface area contributed by atoms with Crippen LogP contribution >= 0.6 is 11.3 Å². The number of nitrogens with one attached hydrogen (secondary N) is 2. The van der Waals surface area contributed by atoms with Gasteiger partial charge in [0.2, 0.25) is 11.8 Å². The van der Waals surface area contributed by atoms with Crippen molar-refractivity contribution in [3.8, 4) is 0 Å². The summed E-state index contributed by atoms with van der Waals surface area (Å²) in [6, 6.07) is 11.4. The van der Waals surface area contributed by atoms with Gasteiger partial charge in [-0.2, -0.15) is 0 Å². The molecule has 7 nitrogen and oxygen atoms in total. The normalized spacial score (nSPS) is 10.5. The first kappa shape index (κ1) is 23.1. The van der Waals surface area contributed by atoms with Gasteiger partial charge in [-0.3, -0.25) is 19.7 Å². The number of anilines is 2. The third-order valence-corrected chi connectivity index (χ3v) is 5.58. The Bertz CT molecular complexity index is 1140. The summed E-state index contributed by atoms with van der Waals surface area (Å²) in [6.45, 7) is 3.71. The summed E-state index contributed by atoms with van der Waals surface area (Å²) < 4.78 is 13.7. The second kappa shape index (κ2) is 10.1. The van der Waals surface area contributed by atoms with E-state index in [0.717, 1.165) is 28.2 Å². The van der Waals surface area contributed by atoms with E-state index in [1.807, 2.05) is 32.0 Å². The van der Waals surface area contributed by atoms with Crippen LogP contribution in [0.4, 0.5) is 15.2 Å². The van der Waals surface area contributed by atoms with Crippen molar-refractivity contribution in [1.29, 1.82) is 0 Å². The van der Waals surface area contributed by atoms with Gasteiger partial charge in [0.1, 0.15) is 5.82 Å². The zero-order valence-corrected chi connectivity index (χ0v) is 18.8. The van der Waals surface area contributed by atoms with E-state index in [9.17, 15) is 18.8 Å². The Kier molecular flexibility index (Phi) is 7.32. The highest BCUT2D eigenvalue weighted by molar-refractivity contribution is 7.14.